The first-order chi connectivity index (χ1) is 10.2. The van der Waals surface area contributed by atoms with Crippen molar-refractivity contribution in [1.82, 2.24) is 10.3 Å². The van der Waals surface area contributed by atoms with E-state index >= 15 is 0 Å². The molecule has 2 aromatic rings. The predicted octanol–water partition coefficient (Wildman–Crippen LogP) is 3.34. The summed E-state index contributed by atoms with van der Waals surface area (Å²) in [7, 11) is 5.25. The molecule has 0 aliphatic heterocycles. The number of hydrogen-bond acceptors (Lipinski definition) is 5. The van der Waals surface area contributed by atoms with Crippen LogP contribution >= 0.6 is 11.3 Å². The molecule has 0 bridgehead atoms. The normalized spacial score (nSPS) is 12.2. The van der Waals surface area contributed by atoms with Gasteiger partial charge in [0.1, 0.15) is 5.01 Å². The van der Waals surface area contributed by atoms with Crippen LogP contribution < -0.4 is 14.8 Å². The molecule has 2 rings (SSSR count). The molecule has 4 nitrogen and oxygen atoms in total. The van der Waals surface area contributed by atoms with Gasteiger partial charge in [-0.25, -0.2) is 4.98 Å². The summed E-state index contributed by atoms with van der Waals surface area (Å²) in [5, 5.41) is 4.39. The van der Waals surface area contributed by atoms with E-state index in [1.54, 1.807) is 25.6 Å². The molecule has 1 aromatic carbocycles. The van der Waals surface area contributed by atoms with Gasteiger partial charge in [-0.05, 0) is 26.5 Å². The van der Waals surface area contributed by atoms with Gasteiger partial charge in [-0.2, -0.15) is 0 Å². The topological polar surface area (TPSA) is 43.4 Å². The molecule has 0 amide bonds. The zero-order valence-electron chi connectivity index (χ0n) is 13.2. The van der Waals surface area contributed by atoms with Crippen molar-refractivity contribution in [3.63, 3.8) is 0 Å². The van der Waals surface area contributed by atoms with Gasteiger partial charge in [-0.15, -0.1) is 11.3 Å². The molecule has 114 valence electrons. The Morgan fingerprint density at radius 2 is 2.05 bits per heavy atom. The van der Waals surface area contributed by atoms with Crippen molar-refractivity contribution in [3.8, 4) is 11.5 Å². The maximum absolute atomic E-state index is 5.55. The van der Waals surface area contributed by atoms with E-state index in [1.165, 1.54) is 4.88 Å². The second-order valence-corrected chi connectivity index (χ2v) is 5.95. The minimum atomic E-state index is -0.000880. The van der Waals surface area contributed by atoms with Crippen molar-refractivity contribution in [2.45, 2.75) is 26.3 Å². The van der Waals surface area contributed by atoms with Crippen molar-refractivity contribution in [1.29, 1.82) is 0 Å². The third-order valence-electron chi connectivity index (χ3n) is 3.52. The average molecular weight is 306 g/mol. The smallest absolute Gasteiger partial charge is 0.165 e. The Balaban J connectivity index is 2.50. The maximum atomic E-state index is 5.55. The number of para-hydroxylation sites is 1. The van der Waals surface area contributed by atoms with E-state index in [9.17, 15) is 0 Å². The molecule has 0 spiro atoms. The highest BCUT2D eigenvalue weighted by atomic mass is 32.1. The molecule has 0 aliphatic rings. The number of aryl methyl sites for hydroxylation is 2. The molecule has 5 heteroatoms. The van der Waals surface area contributed by atoms with Crippen LogP contribution in [0.3, 0.4) is 0 Å². The van der Waals surface area contributed by atoms with E-state index in [1.807, 2.05) is 25.2 Å². The van der Waals surface area contributed by atoms with E-state index in [0.717, 1.165) is 34.2 Å². The molecule has 0 radical (unpaired) electrons. The maximum Gasteiger partial charge on any atom is 0.165 e. The summed E-state index contributed by atoms with van der Waals surface area (Å²) < 4.78 is 10.9. The first-order valence-corrected chi connectivity index (χ1v) is 7.82. The highest BCUT2D eigenvalue weighted by Crippen LogP contribution is 2.38. The molecule has 0 aliphatic carbocycles. The van der Waals surface area contributed by atoms with Crippen molar-refractivity contribution in [2.75, 3.05) is 21.3 Å². The minimum Gasteiger partial charge on any atom is -0.493 e. The number of nitrogens with zero attached hydrogens (tertiary/aromatic N) is 1. The third kappa shape index (κ3) is 3.04. The average Bonchev–Trinajstić information content (AvgIpc) is 2.88. The highest BCUT2D eigenvalue weighted by Gasteiger charge is 2.23. The molecule has 1 aromatic heterocycles. The van der Waals surface area contributed by atoms with E-state index in [2.05, 4.69) is 19.2 Å². The lowest BCUT2D eigenvalue weighted by Crippen LogP contribution is -2.18. The second kappa shape index (κ2) is 6.91. The van der Waals surface area contributed by atoms with Crippen LogP contribution in [0.15, 0.2) is 18.2 Å². The van der Waals surface area contributed by atoms with Crippen LogP contribution in [0.4, 0.5) is 0 Å². The zero-order valence-corrected chi connectivity index (χ0v) is 14.0. The van der Waals surface area contributed by atoms with Gasteiger partial charge in [0.2, 0.25) is 0 Å². The fourth-order valence-electron chi connectivity index (χ4n) is 2.45. The minimum absolute atomic E-state index is 0.000880. The lowest BCUT2D eigenvalue weighted by atomic mass is 10.1. The third-order valence-corrected chi connectivity index (χ3v) is 4.60. The summed E-state index contributed by atoms with van der Waals surface area (Å²) in [4.78, 5) is 6.04. The van der Waals surface area contributed by atoms with Crippen molar-refractivity contribution in [3.05, 3.63) is 39.3 Å². The quantitative estimate of drug-likeness (QED) is 0.889. The number of ether oxygens (including phenoxy) is 2. The standard InChI is InChI=1S/C16H22N2O2S/c1-6-12-10(2)21-16(18-12)14(17-3)11-8-7-9-13(19-4)15(11)20-5/h7-9,14,17H,6H2,1-5H3. The molecule has 1 atom stereocenters. The first kappa shape index (κ1) is 15.8. The summed E-state index contributed by atoms with van der Waals surface area (Å²) >= 11 is 1.73. The summed E-state index contributed by atoms with van der Waals surface area (Å²) in [6, 6.07) is 5.92. The van der Waals surface area contributed by atoms with E-state index in [0.29, 0.717) is 0 Å². The lowest BCUT2D eigenvalue weighted by molar-refractivity contribution is 0.349. The monoisotopic (exact) mass is 306 g/mol. The van der Waals surface area contributed by atoms with Gasteiger partial charge in [0.05, 0.1) is 26.0 Å². The van der Waals surface area contributed by atoms with Gasteiger partial charge >= 0.3 is 0 Å². The number of nitrogens with one attached hydrogen (secondary N) is 1. The Morgan fingerprint density at radius 3 is 2.57 bits per heavy atom. The van der Waals surface area contributed by atoms with E-state index in [-0.39, 0.29) is 6.04 Å². The predicted molar refractivity (Wildman–Crippen MR) is 86.7 cm³/mol. The fourth-order valence-corrected chi connectivity index (χ4v) is 3.59. The van der Waals surface area contributed by atoms with E-state index < -0.39 is 0 Å². The van der Waals surface area contributed by atoms with Crippen LogP contribution in [-0.4, -0.2) is 26.3 Å². The largest absolute Gasteiger partial charge is 0.493 e. The van der Waals surface area contributed by atoms with Crippen LogP contribution in [0.25, 0.3) is 0 Å². The SMILES string of the molecule is CCc1nc(C(NC)c2cccc(OC)c2OC)sc1C. The lowest BCUT2D eigenvalue weighted by Gasteiger charge is -2.19. The number of benzene rings is 1. The molecule has 1 unspecified atom stereocenters. The number of aromatic nitrogens is 1. The summed E-state index contributed by atoms with van der Waals surface area (Å²) in [6.07, 6.45) is 0.952. The van der Waals surface area contributed by atoms with E-state index in [4.69, 9.17) is 14.5 Å². The number of hydrogen-bond donors (Lipinski definition) is 1. The first-order valence-electron chi connectivity index (χ1n) is 7.00. The molecule has 0 saturated heterocycles. The van der Waals surface area contributed by atoms with Crippen LogP contribution in [0, 0.1) is 6.92 Å². The summed E-state index contributed by atoms with van der Waals surface area (Å²) in [5.41, 5.74) is 2.20. The van der Waals surface area contributed by atoms with Crippen molar-refractivity contribution in [2.24, 2.45) is 0 Å². The Kier molecular flexibility index (Phi) is 5.20. The second-order valence-electron chi connectivity index (χ2n) is 4.71. The molecule has 1 heterocycles. The zero-order chi connectivity index (χ0) is 15.4. The Hall–Kier alpha value is -1.59. The van der Waals surface area contributed by atoms with Gasteiger partial charge in [-0.1, -0.05) is 19.1 Å². The van der Waals surface area contributed by atoms with Gasteiger partial charge < -0.3 is 14.8 Å². The molecule has 21 heavy (non-hydrogen) atoms. The Bertz CT molecular complexity index is 610. The molecule has 1 N–H and O–H groups in total. The van der Waals surface area contributed by atoms with Crippen molar-refractivity contribution < 1.29 is 9.47 Å². The Labute approximate surface area is 130 Å². The van der Waals surface area contributed by atoms with Gasteiger partial charge in [-0.3, -0.25) is 0 Å². The molecular weight excluding hydrogens is 284 g/mol. The number of methoxy groups -OCH3 is 2. The highest BCUT2D eigenvalue weighted by molar-refractivity contribution is 7.11. The summed E-state index contributed by atoms with van der Waals surface area (Å²) in [6.45, 7) is 4.25. The van der Waals surface area contributed by atoms with Crippen LogP contribution in [0.5, 0.6) is 11.5 Å². The van der Waals surface area contributed by atoms with Crippen LogP contribution in [0.2, 0.25) is 0 Å². The summed E-state index contributed by atoms with van der Waals surface area (Å²) in [5.74, 6) is 1.49. The van der Waals surface area contributed by atoms with Gasteiger partial charge in [0.25, 0.3) is 0 Å². The fraction of sp³-hybridized carbons (Fsp3) is 0.438. The molecule has 0 saturated carbocycles. The Morgan fingerprint density at radius 1 is 1.29 bits per heavy atom. The number of rotatable bonds is 6. The van der Waals surface area contributed by atoms with Gasteiger partial charge in [0, 0.05) is 10.4 Å². The molecular formula is C16H22N2O2S. The van der Waals surface area contributed by atoms with Crippen LogP contribution in [0.1, 0.15) is 34.1 Å². The van der Waals surface area contributed by atoms with Gasteiger partial charge in [0.15, 0.2) is 11.5 Å². The number of thiazole rings is 1. The molecule has 0 fully saturated rings. The van der Waals surface area contributed by atoms with Crippen molar-refractivity contribution >= 4 is 11.3 Å². The van der Waals surface area contributed by atoms with Crippen LogP contribution in [-0.2, 0) is 6.42 Å².